The number of fused-ring (bicyclic) bond motifs is 1. The first-order valence-corrected chi connectivity index (χ1v) is 7.46. The van der Waals surface area contributed by atoms with Gasteiger partial charge < -0.3 is 5.73 Å². The molecule has 0 aromatic heterocycles. The van der Waals surface area contributed by atoms with Crippen LogP contribution in [-0.4, -0.2) is 0 Å². The van der Waals surface area contributed by atoms with Crippen molar-refractivity contribution >= 4 is 22.4 Å². The summed E-state index contributed by atoms with van der Waals surface area (Å²) in [5, 5.41) is 3.19. The first kappa shape index (κ1) is 14.1. The van der Waals surface area contributed by atoms with Crippen molar-refractivity contribution in [2.24, 2.45) is 5.73 Å². The van der Waals surface area contributed by atoms with Crippen LogP contribution >= 0.6 is 11.6 Å². The van der Waals surface area contributed by atoms with Gasteiger partial charge in [-0.2, -0.15) is 0 Å². The van der Waals surface area contributed by atoms with E-state index in [1.807, 2.05) is 19.1 Å². The highest BCUT2D eigenvalue weighted by Gasteiger charge is 2.17. The van der Waals surface area contributed by atoms with Crippen LogP contribution in [-0.2, 0) is 0 Å². The van der Waals surface area contributed by atoms with Gasteiger partial charge >= 0.3 is 0 Å². The van der Waals surface area contributed by atoms with Crippen LogP contribution in [0, 0.1) is 13.8 Å². The summed E-state index contributed by atoms with van der Waals surface area (Å²) in [6, 6.07) is 18.4. The molecule has 2 heteroatoms. The maximum absolute atomic E-state index is 6.59. The third kappa shape index (κ3) is 2.44. The van der Waals surface area contributed by atoms with E-state index in [0.717, 1.165) is 16.1 Å². The molecule has 106 valence electrons. The standard InChI is InChI=1S/C19H18ClN/c1-12-10-11-14-6-3-4-7-16(14)18(12)19(21)15-8-5-9-17(20)13(15)2/h3-11,19H,21H2,1-2H3. The Morgan fingerprint density at radius 2 is 1.67 bits per heavy atom. The fraction of sp³-hybridized carbons (Fsp3) is 0.158. The highest BCUT2D eigenvalue weighted by Crippen LogP contribution is 2.33. The van der Waals surface area contributed by atoms with Crippen LogP contribution in [0.25, 0.3) is 10.8 Å². The van der Waals surface area contributed by atoms with Gasteiger partial charge in [-0.1, -0.05) is 60.1 Å². The van der Waals surface area contributed by atoms with Gasteiger partial charge in [-0.3, -0.25) is 0 Å². The van der Waals surface area contributed by atoms with Crippen LogP contribution in [0.2, 0.25) is 5.02 Å². The number of hydrogen-bond acceptors (Lipinski definition) is 1. The number of benzene rings is 3. The summed E-state index contributed by atoms with van der Waals surface area (Å²) >= 11 is 6.25. The Morgan fingerprint density at radius 1 is 0.905 bits per heavy atom. The monoisotopic (exact) mass is 295 g/mol. The second-order valence-electron chi connectivity index (χ2n) is 5.45. The van der Waals surface area contributed by atoms with Crippen molar-refractivity contribution in [3.05, 3.63) is 81.9 Å². The molecule has 0 radical (unpaired) electrons. The normalized spacial score (nSPS) is 12.6. The van der Waals surface area contributed by atoms with Crippen molar-refractivity contribution in [3.8, 4) is 0 Å². The Balaban J connectivity index is 2.24. The smallest absolute Gasteiger partial charge is 0.0563 e. The van der Waals surface area contributed by atoms with Crippen molar-refractivity contribution in [1.29, 1.82) is 0 Å². The molecule has 1 atom stereocenters. The van der Waals surface area contributed by atoms with Crippen molar-refractivity contribution in [2.75, 3.05) is 0 Å². The minimum atomic E-state index is -0.171. The molecular formula is C19H18ClN. The van der Waals surface area contributed by atoms with Crippen molar-refractivity contribution in [2.45, 2.75) is 19.9 Å². The number of hydrogen-bond donors (Lipinski definition) is 1. The lowest BCUT2D eigenvalue weighted by Crippen LogP contribution is -2.15. The van der Waals surface area contributed by atoms with Crippen molar-refractivity contribution in [3.63, 3.8) is 0 Å². The molecule has 0 amide bonds. The van der Waals surface area contributed by atoms with Crippen LogP contribution in [0.4, 0.5) is 0 Å². The van der Waals surface area contributed by atoms with Gasteiger partial charge in [0.25, 0.3) is 0 Å². The van der Waals surface area contributed by atoms with E-state index in [9.17, 15) is 0 Å². The minimum absolute atomic E-state index is 0.171. The molecule has 3 aromatic carbocycles. The number of rotatable bonds is 2. The summed E-state index contributed by atoms with van der Waals surface area (Å²) in [4.78, 5) is 0. The molecule has 2 N–H and O–H groups in total. The molecule has 0 saturated heterocycles. The highest BCUT2D eigenvalue weighted by atomic mass is 35.5. The van der Waals surface area contributed by atoms with Gasteiger partial charge in [0, 0.05) is 5.02 Å². The molecule has 0 aliphatic carbocycles. The van der Waals surface area contributed by atoms with Crippen LogP contribution in [0.15, 0.2) is 54.6 Å². The van der Waals surface area contributed by atoms with Gasteiger partial charge in [-0.25, -0.2) is 0 Å². The highest BCUT2D eigenvalue weighted by molar-refractivity contribution is 6.31. The third-order valence-corrected chi connectivity index (χ3v) is 4.55. The fourth-order valence-corrected chi connectivity index (χ4v) is 3.12. The van der Waals surface area contributed by atoms with Crippen molar-refractivity contribution in [1.82, 2.24) is 0 Å². The largest absolute Gasteiger partial charge is 0.320 e. The zero-order valence-electron chi connectivity index (χ0n) is 12.2. The molecule has 0 spiro atoms. The lowest BCUT2D eigenvalue weighted by Gasteiger charge is -2.20. The van der Waals surface area contributed by atoms with Gasteiger partial charge in [0.2, 0.25) is 0 Å². The predicted octanol–water partition coefficient (Wildman–Crippen LogP) is 5.16. The van der Waals surface area contributed by atoms with Crippen LogP contribution < -0.4 is 5.73 Å². The summed E-state index contributed by atoms with van der Waals surface area (Å²) in [5.41, 5.74) is 11.1. The molecular weight excluding hydrogens is 278 g/mol. The van der Waals surface area contributed by atoms with E-state index in [1.54, 1.807) is 0 Å². The van der Waals surface area contributed by atoms with E-state index in [1.165, 1.54) is 21.9 Å². The first-order chi connectivity index (χ1) is 10.1. The van der Waals surface area contributed by atoms with Crippen LogP contribution in [0.5, 0.6) is 0 Å². The van der Waals surface area contributed by atoms with Gasteiger partial charge in [0.05, 0.1) is 6.04 Å². The molecule has 0 aliphatic rings. The molecule has 0 bridgehead atoms. The molecule has 21 heavy (non-hydrogen) atoms. The zero-order valence-corrected chi connectivity index (χ0v) is 13.0. The Kier molecular flexibility index (Phi) is 3.71. The molecule has 3 rings (SSSR count). The van der Waals surface area contributed by atoms with E-state index in [2.05, 4.69) is 49.4 Å². The van der Waals surface area contributed by atoms with E-state index in [-0.39, 0.29) is 6.04 Å². The first-order valence-electron chi connectivity index (χ1n) is 7.08. The van der Waals surface area contributed by atoms with Gasteiger partial charge in [-0.15, -0.1) is 0 Å². The average molecular weight is 296 g/mol. The van der Waals surface area contributed by atoms with Gasteiger partial charge in [-0.05, 0) is 52.9 Å². The third-order valence-electron chi connectivity index (χ3n) is 4.14. The van der Waals surface area contributed by atoms with Crippen LogP contribution in [0.1, 0.15) is 28.3 Å². The molecule has 0 aliphatic heterocycles. The summed E-state index contributed by atoms with van der Waals surface area (Å²) < 4.78 is 0. The number of halogens is 1. The summed E-state index contributed by atoms with van der Waals surface area (Å²) in [6.45, 7) is 4.14. The Morgan fingerprint density at radius 3 is 2.48 bits per heavy atom. The molecule has 0 heterocycles. The quantitative estimate of drug-likeness (QED) is 0.694. The molecule has 3 aromatic rings. The lowest BCUT2D eigenvalue weighted by molar-refractivity contribution is 0.862. The van der Waals surface area contributed by atoms with Gasteiger partial charge in [0.15, 0.2) is 0 Å². The van der Waals surface area contributed by atoms with E-state index < -0.39 is 0 Å². The summed E-state index contributed by atoms with van der Waals surface area (Å²) in [5.74, 6) is 0. The number of aryl methyl sites for hydroxylation is 1. The Bertz CT molecular complexity index is 808. The SMILES string of the molecule is Cc1ccc2ccccc2c1C(N)c1cccc(Cl)c1C. The second kappa shape index (κ2) is 5.51. The Hall–Kier alpha value is -1.83. The van der Waals surface area contributed by atoms with E-state index >= 15 is 0 Å². The summed E-state index contributed by atoms with van der Waals surface area (Å²) in [6.07, 6.45) is 0. The predicted molar refractivity (Wildman–Crippen MR) is 90.9 cm³/mol. The van der Waals surface area contributed by atoms with E-state index in [4.69, 9.17) is 17.3 Å². The zero-order chi connectivity index (χ0) is 15.0. The maximum Gasteiger partial charge on any atom is 0.0563 e. The van der Waals surface area contributed by atoms with Crippen molar-refractivity contribution < 1.29 is 0 Å². The lowest BCUT2D eigenvalue weighted by atomic mass is 9.89. The number of nitrogens with two attached hydrogens (primary N) is 1. The molecule has 1 unspecified atom stereocenters. The molecule has 0 saturated carbocycles. The van der Waals surface area contributed by atoms with E-state index in [0.29, 0.717) is 0 Å². The van der Waals surface area contributed by atoms with Gasteiger partial charge in [0.1, 0.15) is 0 Å². The van der Waals surface area contributed by atoms with Crippen LogP contribution in [0.3, 0.4) is 0 Å². The maximum atomic E-state index is 6.59. The summed E-state index contributed by atoms with van der Waals surface area (Å²) in [7, 11) is 0. The molecule has 1 nitrogen and oxygen atoms in total. The topological polar surface area (TPSA) is 26.0 Å². The minimum Gasteiger partial charge on any atom is -0.320 e. The second-order valence-corrected chi connectivity index (χ2v) is 5.86. The molecule has 0 fully saturated rings. The Labute approximate surface area is 130 Å². The average Bonchev–Trinajstić information content (AvgIpc) is 2.49. The fourth-order valence-electron chi connectivity index (χ4n) is 2.93.